The van der Waals surface area contributed by atoms with Crippen molar-refractivity contribution in [2.75, 3.05) is 0 Å². The average Bonchev–Trinajstić information content (AvgIpc) is 2.95. The van der Waals surface area contributed by atoms with E-state index in [-0.39, 0.29) is 6.42 Å². The number of rotatable bonds is 3. The lowest BCUT2D eigenvalue weighted by Gasteiger charge is -2.56. The molecule has 0 unspecified atom stereocenters. The van der Waals surface area contributed by atoms with Gasteiger partial charge >= 0.3 is 24.1 Å². The molecule has 3 aliphatic carbocycles. The fourth-order valence-corrected chi connectivity index (χ4v) is 3.73. The van der Waals surface area contributed by atoms with Crippen LogP contribution in [0.3, 0.4) is 0 Å². The van der Waals surface area contributed by atoms with Crippen molar-refractivity contribution in [3.05, 3.63) is 12.2 Å². The minimum Gasteiger partial charge on any atom is -0.271 e. The molecule has 0 aromatic rings. The van der Waals surface area contributed by atoms with Crippen LogP contribution in [-0.4, -0.2) is 30.0 Å². The second kappa shape index (κ2) is 4.15. The summed E-state index contributed by atoms with van der Waals surface area (Å²) in [6, 6.07) is 0. The van der Waals surface area contributed by atoms with Crippen LogP contribution in [0.15, 0.2) is 12.2 Å². The molecule has 2 bridgehead atoms. The number of hydrogen-bond donors (Lipinski definition) is 0. The molecule has 3 aliphatic rings. The molecule has 0 saturated heterocycles. The van der Waals surface area contributed by atoms with Crippen LogP contribution in [0.2, 0.25) is 0 Å². The molecule has 2 fully saturated rings. The van der Waals surface area contributed by atoms with E-state index >= 15 is 0 Å². The monoisotopic (exact) mass is 358 g/mol. The van der Waals surface area contributed by atoms with Crippen LogP contribution in [0, 0.1) is 23.7 Å². The van der Waals surface area contributed by atoms with Crippen molar-refractivity contribution in [3.8, 4) is 0 Å². The van der Waals surface area contributed by atoms with Crippen LogP contribution < -0.4 is 0 Å². The van der Waals surface area contributed by atoms with Crippen LogP contribution in [0.5, 0.6) is 0 Å². The van der Waals surface area contributed by atoms with Gasteiger partial charge in [0.15, 0.2) is 0 Å². The molecule has 0 amide bonds. The smallest absolute Gasteiger partial charge is 0.271 e. The van der Waals surface area contributed by atoms with E-state index in [1.807, 2.05) is 0 Å². The third kappa shape index (κ3) is 1.79. The molecule has 0 aromatic heterocycles. The van der Waals surface area contributed by atoms with Gasteiger partial charge in [-0.3, -0.25) is 4.74 Å². The molecular weight excluding hydrogens is 350 g/mol. The first-order valence-corrected chi connectivity index (χ1v) is 6.44. The fourth-order valence-electron chi connectivity index (χ4n) is 3.73. The van der Waals surface area contributed by atoms with Gasteiger partial charge in [-0.1, -0.05) is 12.2 Å². The Balaban J connectivity index is 1.92. The molecule has 0 N–H and O–H groups in total. The Morgan fingerprint density at radius 1 is 0.826 bits per heavy atom. The summed E-state index contributed by atoms with van der Waals surface area (Å²) >= 11 is 0. The third-order valence-electron chi connectivity index (χ3n) is 4.76. The van der Waals surface area contributed by atoms with Crippen LogP contribution in [0.4, 0.5) is 43.9 Å². The molecule has 11 heteroatoms. The maximum absolute atomic E-state index is 14.3. The highest BCUT2D eigenvalue weighted by molar-refractivity contribution is 5.28. The van der Waals surface area contributed by atoms with E-state index in [0.717, 1.165) is 0 Å². The van der Waals surface area contributed by atoms with Gasteiger partial charge in [-0.05, 0) is 18.3 Å². The zero-order valence-corrected chi connectivity index (χ0v) is 10.9. The predicted octanol–water partition coefficient (Wildman–Crippen LogP) is 4.55. The topological polar surface area (TPSA) is 9.23 Å². The molecule has 0 aromatic carbocycles. The molecule has 23 heavy (non-hydrogen) atoms. The maximum Gasteiger partial charge on any atom is 0.462 e. The van der Waals surface area contributed by atoms with Gasteiger partial charge < -0.3 is 0 Å². The standard InChI is InChI=1S/C12H8F10O/c13-8(14)6-4-1-2-5(3-4)7(6)9(8,15)23-12(21,22)10(16,17)11(18,19)20/h1-2,4-7H,3H2/t4-,5-,6+,7-,9+/m1/s1. The SMILES string of the molecule is FC(F)(F)C(F)(F)C(F)(F)O[C@@]1(F)[C@H]2[C@H]([C@@H]3C=C[C@@H]2C3)C1(F)F. The molecule has 0 radical (unpaired) electrons. The molecule has 3 rings (SSSR count). The summed E-state index contributed by atoms with van der Waals surface area (Å²) in [5, 5.41) is 0. The number of alkyl halides is 10. The highest BCUT2D eigenvalue weighted by Crippen LogP contribution is 2.72. The Morgan fingerprint density at radius 2 is 1.30 bits per heavy atom. The molecule has 0 aliphatic heterocycles. The van der Waals surface area contributed by atoms with E-state index in [1.54, 1.807) is 0 Å². The summed E-state index contributed by atoms with van der Waals surface area (Å²) in [4.78, 5) is 0. The van der Waals surface area contributed by atoms with E-state index in [9.17, 15) is 43.9 Å². The summed E-state index contributed by atoms with van der Waals surface area (Å²) in [6.07, 6.45) is -10.7. The third-order valence-corrected chi connectivity index (χ3v) is 4.76. The number of allylic oxidation sites excluding steroid dienone is 2. The van der Waals surface area contributed by atoms with Gasteiger partial charge in [-0.15, -0.1) is 0 Å². The lowest BCUT2D eigenvalue weighted by molar-refractivity contribution is -0.511. The Bertz CT molecular complexity index is 553. The van der Waals surface area contributed by atoms with E-state index in [1.165, 1.54) is 12.2 Å². The van der Waals surface area contributed by atoms with Gasteiger partial charge in [0.1, 0.15) is 0 Å². The van der Waals surface area contributed by atoms with Crippen molar-refractivity contribution < 1.29 is 48.6 Å². The fraction of sp³-hybridized carbons (Fsp3) is 0.833. The van der Waals surface area contributed by atoms with E-state index in [4.69, 9.17) is 0 Å². The normalized spacial score (nSPS) is 41.8. The van der Waals surface area contributed by atoms with Gasteiger partial charge in [-0.2, -0.15) is 39.5 Å². The summed E-state index contributed by atoms with van der Waals surface area (Å²) in [6.45, 7) is 0. The first kappa shape index (κ1) is 16.8. The average molecular weight is 358 g/mol. The van der Waals surface area contributed by atoms with Gasteiger partial charge in [0.25, 0.3) is 5.85 Å². The van der Waals surface area contributed by atoms with Crippen molar-refractivity contribution >= 4 is 0 Å². The number of halogens is 10. The largest absolute Gasteiger partial charge is 0.462 e. The van der Waals surface area contributed by atoms with Crippen molar-refractivity contribution in [1.82, 2.24) is 0 Å². The van der Waals surface area contributed by atoms with E-state index in [0.29, 0.717) is 0 Å². The Labute approximate surface area is 122 Å². The van der Waals surface area contributed by atoms with Crippen LogP contribution in [0.1, 0.15) is 6.42 Å². The summed E-state index contributed by atoms with van der Waals surface area (Å²) in [7, 11) is 0. The molecule has 0 spiro atoms. The summed E-state index contributed by atoms with van der Waals surface area (Å²) in [5.74, 6) is -21.4. The summed E-state index contributed by atoms with van der Waals surface area (Å²) in [5.41, 5.74) is 0. The van der Waals surface area contributed by atoms with Gasteiger partial charge in [0.2, 0.25) is 0 Å². The first-order chi connectivity index (χ1) is 10.2. The lowest BCUT2D eigenvalue weighted by atomic mass is 9.60. The van der Waals surface area contributed by atoms with Gasteiger partial charge in [-0.25, -0.2) is 4.39 Å². The van der Waals surface area contributed by atoms with Crippen molar-refractivity contribution in [3.63, 3.8) is 0 Å². The summed E-state index contributed by atoms with van der Waals surface area (Å²) < 4.78 is 133. The quantitative estimate of drug-likeness (QED) is 0.532. The zero-order chi connectivity index (χ0) is 17.6. The lowest BCUT2D eigenvalue weighted by Crippen LogP contribution is -2.74. The highest BCUT2D eigenvalue weighted by Gasteiger charge is 2.87. The number of hydrogen-bond acceptors (Lipinski definition) is 1. The minimum atomic E-state index is -6.81. The Kier molecular flexibility index (Phi) is 3.04. The van der Waals surface area contributed by atoms with Gasteiger partial charge in [0.05, 0.1) is 0 Å². The minimum absolute atomic E-state index is 0.0127. The van der Waals surface area contributed by atoms with Crippen LogP contribution in [-0.2, 0) is 4.74 Å². The zero-order valence-electron chi connectivity index (χ0n) is 10.9. The molecule has 132 valence electrons. The predicted molar refractivity (Wildman–Crippen MR) is 53.5 cm³/mol. The van der Waals surface area contributed by atoms with Gasteiger partial charge in [0, 0.05) is 11.8 Å². The van der Waals surface area contributed by atoms with E-state index < -0.39 is 53.7 Å². The second-order valence-corrected chi connectivity index (χ2v) is 5.96. The molecule has 1 nitrogen and oxygen atoms in total. The highest BCUT2D eigenvalue weighted by atomic mass is 19.4. The molecular formula is C12H8F10O. The van der Waals surface area contributed by atoms with E-state index in [2.05, 4.69) is 4.74 Å². The Morgan fingerprint density at radius 3 is 1.78 bits per heavy atom. The maximum atomic E-state index is 14.3. The number of ether oxygens (including phenoxy) is 1. The molecule has 5 atom stereocenters. The second-order valence-electron chi connectivity index (χ2n) is 5.96. The van der Waals surface area contributed by atoms with Crippen molar-refractivity contribution in [2.45, 2.75) is 36.4 Å². The van der Waals surface area contributed by atoms with Crippen LogP contribution >= 0.6 is 0 Å². The molecule has 2 saturated carbocycles. The number of fused-ring (bicyclic) bond motifs is 5. The van der Waals surface area contributed by atoms with Crippen molar-refractivity contribution in [1.29, 1.82) is 0 Å². The molecule has 0 heterocycles. The van der Waals surface area contributed by atoms with Crippen molar-refractivity contribution in [2.24, 2.45) is 23.7 Å². The Hall–Kier alpha value is -1.00. The van der Waals surface area contributed by atoms with Crippen LogP contribution in [0.25, 0.3) is 0 Å². The first-order valence-electron chi connectivity index (χ1n) is 6.44.